The van der Waals surface area contributed by atoms with Crippen LogP contribution >= 0.6 is 0 Å². The maximum atomic E-state index is 12.4. The lowest BCUT2D eigenvalue weighted by atomic mass is 10.2. The summed E-state index contributed by atoms with van der Waals surface area (Å²) < 4.78 is 10.4. The summed E-state index contributed by atoms with van der Waals surface area (Å²) in [6, 6.07) is 12.1. The molecule has 2 aromatic rings. The number of benzene rings is 2. The van der Waals surface area contributed by atoms with E-state index in [0.717, 1.165) is 5.56 Å². The number of hydrogen-bond acceptors (Lipinski definition) is 5. The van der Waals surface area contributed by atoms with Crippen LogP contribution in [0.4, 0.5) is 11.4 Å². The van der Waals surface area contributed by atoms with Crippen molar-refractivity contribution in [3.8, 4) is 11.5 Å². The quantitative estimate of drug-likeness (QED) is 0.710. The fraction of sp³-hybridized carbons (Fsp3) is 0.286. The first-order valence-corrected chi connectivity index (χ1v) is 8.97. The Labute approximate surface area is 169 Å². The molecule has 0 aromatic heterocycles. The van der Waals surface area contributed by atoms with Gasteiger partial charge in [-0.2, -0.15) is 0 Å². The standard InChI is InChI=1S/C21H25N3O5/c1-14(25)23-17-6-8-18(9-7-17)24(15(2)26)13-21(27)22-12-16-5-10-19(28-3)20(11-16)29-4/h5-11H,12-13H2,1-4H3,(H,22,27)(H,23,25). The van der Waals surface area contributed by atoms with Crippen molar-refractivity contribution in [2.45, 2.75) is 20.4 Å². The molecule has 0 aliphatic rings. The van der Waals surface area contributed by atoms with Crippen molar-refractivity contribution < 1.29 is 23.9 Å². The molecule has 8 nitrogen and oxygen atoms in total. The molecule has 0 radical (unpaired) electrons. The zero-order chi connectivity index (χ0) is 21.4. The SMILES string of the molecule is COc1ccc(CNC(=O)CN(C(C)=O)c2ccc(NC(C)=O)cc2)cc1OC. The molecule has 3 amide bonds. The highest BCUT2D eigenvalue weighted by Crippen LogP contribution is 2.27. The topological polar surface area (TPSA) is 97.0 Å². The molecule has 0 aliphatic carbocycles. The summed E-state index contributed by atoms with van der Waals surface area (Å²) in [5, 5.41) is 5.45. The Morgan fingerprint density at radius 2 is 1.59 bits per heavy atom. The summed E-state index contributed by atoms with van der Waals surface area (Å²) in [5.74, 6) is 0.423. The molecule has 2 aromatic carbocycles. The Morgan fingerprint density at radius 3 is 2.14 bits per heavy atom. The third-order valence-corrected chi connectivity index (χ3v) is 4.12. The Bertz CT molecular complexity index is 880. The number of anilines is 2. The molecule has 0 unspecified atom stereocenters. The monoisotopic (exact) mass is 399 g/mol. The van der Waals surface area contributed by atoms with Crippen LogP contribution in [-0.4, -0.2) is 38.5 Å². The van der Waals surface area contributed by atoms with E-state index in [1.807, 2.05) is 6.07 Å². The third kappa shape index (κ3) is 6.24. The van der Waals surface area contributed by atoms with Crippen molar-refractivity contribution in [3.63, 3.8) is 0 Å². The van der Waals surface area contributed by atoms with Gasteiger partial charge in [0.05, 0.1) is 14.2 Å². The average Bonchev–Trinajstić information content (AvgIpc) is 2.70. The molecule has 8 heteroatoms. The van der Waals surface area contributed by atoms with E-state index in [1.165, 1.54) is 18.7 Å². The number of carbonyl (C=O) groups is 3. The lowest BCUT2D eigenvalue weighted by Gasteiger charge is -2.21. The molecular formula is C21H25N3O5. The van der Waals surface area contributed by atoms with Gasteiger partial charge in [0.15, 0.2) is 11.5 Å². The summed E-state index contributed by atoms with van der Waals surface area (Å²) in [6.45, 7) is 2.97. The van der Waals surface area contributed by atoms with Crippen LogP contribution in [0.2, 0.25) is 0 Å². The first kappa shape index (κ1) is 21.7. The van der Waals surface area contributed by atoms with Crippen LogP contribution in [-0.2, 0) is 20.9 Å². The first-order valence-electron chi connectivity index (χ1n) is 8.97. The molecule has 154 valence electrons. The number of carbonyl (C=O) groups excluding carboxylic acids is 3. The van der Waals surface area contributed by atoms with E-state index in [0.29, 0.717) is 22.9 Å². The largest absolute Gasteiger partial charge is 0.493 e. The van der Waals surface area contributed by atoms with Crippen molar-refractivity contribution in [2.75, 3.05) is 31.0 Å². The molecule has 0 bridgehead atoms. The van der Waals surface area contributed by atoms with Crippen LogP contribution in [0.15, 0.2) is 42.5 Å². The number of methoxy groups -OCH3 is 2. The number of rotatable bonds is 8. The molecular weight excluding hydrogens is 374 g/mol. The molecule has 2 rings (SSSR count). The van der Waals surface area contributed by atoms with Gasteiger partial charge in [0.1, 0.15) is 6.54 Å². The van der Waals surface area contributed by atoms with E-state index < -0.39 is 0 Å². The smallest absolute Gasteiger partial charge is 0.240 e. The summed E-state index contributed by atoms with van der Waals surface area (Å²) in [6.07, 6.45) is 0. The predicted molar refractivity (Wildman–Crippen MR) is 110 cm³/mol. The second-order valence-electron chi connectivity index (χ2n) is 6.30. The van der Waals surface area contributed by atoms with Crippen LogP contribution in [0.25, 0.3) is 0 Å². The van der Waals surface area contributed by atoms with Gasteiger partial charge < -0.3 is 25.0 Å². The molecule has 0 fully saturated rings. The van der Waals surface area contributed by atoms with Gasteiger partial charge in [-0.15, -0.1) is 0 Å². The van der Waals surface area contributed by atoms with Gasteiger partial charge in [-0.25, -0.2) is 0 Å². The molecule has 0 heterocycles. The van der Waals surface area contributed by atoms with Gasteiger partial charge in [-0.1, -0.05) is 6.07 Å². The molecule has 2 N–H and O–H groups in total. The Kier molecular flexibility index (Phi) is 7.59. The zero-order valence-corrected chi connectivity index (χ0v) is 16.9. The van der Waals surface area contributed by atoms with Crippen molar-refractivity contribution in [1.29, 1.82) is 0 Å². The molecule has 0 saturated heterocycles. The van der Waals surface area contributed by atoms with E-state index in [-0.39, 0.29) is 30.8 Å². The van der Waals surface area contributed by atoms with Crippen molar-refractivity contribution >= 4 is 29.1 Å². The van der Waals surface area contributed by atoms with Gasteiger partial charge in [0, 0.05) is 31.8 Å². The maximum Gasteiger partial charge on any atom is 0.240 e. The molecule has 29 heavy (non-hydrogen) atoms. The van der Waals surface area contributed by atoms with Crippen LogP contribution < -0.4 is 25.0 Å². The summed E-state index contributed by atoms with van der Waals surface area (Å²) in [4.78, 5) is 36.9. The molecule has 0 spiro atoms. The fourth-order valence-corrected chi connectivity index (χ4v) is 2.70. The maximum absolute atomic E-state index is 12.4. The van der Waals surface area contributed by atoms with Crippen LogP contribution in [0, 0.1) is 0 Å². The van der Waals surface area contributed by atoms with Crippen molar-refractivity contribution in [1.82, 2.24) is 5.32 Å². The summed E-state index contributed by atoms with van der Waals surface area (Å²) >= 11 is 0. The van der Waals surface area contributed by atoms with Crippen LogP contribution in [0.3, 0.4) is 0 Å². The average molecular weight is 399 g/mol. The van der Waals surface area contributed by atoms with E-state index in [2.05, 4.69) is 10.6 Å². The number of ether oxygens (including phenoxy) is 2. The minimum absolute atomic E-state index is 0.123. The normalized spacial score (nSPS) is 10.1. The third-order valence-electron chi connectivity index (χ3n) is 4.12. The Balaban J connectivity index is 2.01. The number of hydrogen-bond donors (Lipinski definition) is 2. The van der Waals surface area contributed by atoms with Gasteiger partial charge in [0.2, 0.25) is 17.7 Å². The van der Waals surface area contributed by atoms with Gasteiger partial charge in [0.25, 0.3) is 0 Å². The second-order valence-corrected chi connectivity index (χ2v) is 6.30. The molecule has 0 saturated carbocycles. The lowest BCUT2D eigenvalue weighted by Crippen LogP contribution is -2.39. The fourth-order valence-electron chi connectivity index (χ4n) is 2.70. The number of nitrogens with one attached hydrogen (secondary N) is 2. The second kappa shape index (κ2) is 10.1. The number of amides is 3. The van der Waals surface area contributed by atoms with Gasteiger partial charge in [-0.3, -0.25) is 14.4 Å². The van der Waals surface area contributed by atoms with Gasteiger partial charge in [-0.05, 0) is 42.0 Å². The van der Waals surface area contributed by atoms with Crippen molar-refractivity contribution in [2.24, 2.45) is 0 Å². The van der Waals surface area contributed by atoms with Crippen LogP contribution in [0.1, 0.15) is 19.4 Å². The summed E-state index contributed by atoms with van der Waals surface area (Å²) in [5.41, 5.74) is 2.01. The Hall–Kier alpha value is -3.55. The highest BCUT2D eigenvalue weighted by atomic mass is 16.5. The minimum atomic E-state index is -0.305. The van der Waals surface area contributed by atoms with Gasteiger partial charge >= 0.3 is 0 Å². The van der Waals surface area contributed by atoms with Crippen LogP contribution in [0.5, 0.6) is 11.5 Å². The van der Waals surface area contributed by atoms with E-state index in [4.69, 9.17) is 9.47 Å². The predicted octanol–water partition coefficient (Wildman–Crippen LogP) is 2.33. The van der Waals surface area contributed by atoms with Crippen molar-refractivity contribution in [3.05, 3.63) is 48.0 Å². The number of nitrogens with zero attached hydrogens (tertiary/aromatic N) is 1. The summed E-state index contributed by atoms with van der Waals surface area (Å²) in [7, 11) is 3.10. The molecule has 0 aliphatic heterocycles. The highest BCUT2D eigenvalue weighted by molar-refractivity contribution is 5.97. The van der Waals surface area contributed by atoms with E-state index in [1.54, 1.807) is 50.6 Å². The van der Waals surface area contributed by atoms with E-state index in [9.17, 15) is 14.4 Å². The van der Waals surface area contributed by atoms with E-state index >= 15 is 0 Å². The Morgan fingerprint density at radius 1 is 0.931 bits per heavy atom. The highest BCUT2D eigenvalue weighted by Gasteiger charge is 2.16. The molecule has 0 atom stereocenters. The zero-order valence-electron chi connectivity index (χ0n) is 16.9. The minimum Gasteiger partial charge on any atom is -0.493 e. The first-order chi connectivity index (χ1) is 13.8. The lowest BCUT2D eigenvalue weighted by molar-refractivity contribution is -0.123.